The average molecular weight is 504 g/mol. The van der Waals surface area contributed by atoms with E-state index in [4.69, 9.17) is 0 Å². The Morgan fingerprint density at radius 1 is 1.00 bits per heavy atom. The number of carbonyl (C=O) groups excluding carboxylic acids is 2. The lowest BCUT2D eigenvalue weighted by Crippen LogP contribution is -2.24. The summed E-state index contributed by atoms with van der Waals surface area (Å²) >= 11 is 0. The molecule has 0 bridgehead atoms. The second kappa shape index (κ2) is 12.3. The summed E-state index contributed by atoms with van der Waals surface area (Å²) in [5.74, 6) is -1.15. The lowest BCUT2D eigenvalue weighted by Gasteiger charge is -2.09. The Labute approximate surface area is 212 Å². The summed E-state index contributed by atoms with van der Waals surface area (Å²) < 4.78 is 16.7. The van der Waals surface area contributed by atoms with E-state index in [0.717, 1.165) is 5.56 Å². The number of aromatic nitrogens is 5. The minimum atomic E-state index is -0.493. The molecule has 0 unspecified atom stereocenters. The largest absolute Gasteiger partial charge is 0.345 e. The number of hydrogen-bond donors (Lipinski definition) is 2. The van der Waals surface area contributed by atoms with Crippen LogP contribution in [0, 0.1) is 5.82 Å². The van der Waals surface area contributed by atoms with Gasteiger partial charge in [0.1, 0.15) is 5.82 Å². The third-order valence-corrected chi connectivity index (χ3v) is 5.55. The summed E-state index contributed by atoms with van der Waals surface area (Å²) in [7, 11) is 0. The molecule has 4 rings (SSSR count). The van der Waals surface area contributed by atoms with Crippen molar-refractivity contribution in [3.8, 4) is 0 Å². The predicted molar refractivity (Wildman–Crippen MR) is 134 cm³/mol. The highest BCUT2D eigenvalue weighted by Gasteiger charge is 2.12. The fourth-order valence-electron chi connectivity index (χ4n) is 3.63. The van der Waals surface area contributed by atoms with E-state index in [2.05, 4.69) is 25.9 Å². The number of pyridine rings is 2. The molecule has 1 aromatic carbocycles. The van der Waals surface area contributed by atoms with Gasteiger partial charge >= 0.3 is 0 Å². The van der Waals surface area contributed by atoms with Gasteiger partial charge in [-0.1, -0.05) is 35.5 Å². The van der Waals surface area contributed by atoms with Crippen LogP contribution in [-0.2, 0) is 30.8 Å². The van der Waals surface area contributed by atoms with Gasteiger partial charge in [-0.05, 0) is 36.6 Å². The van der Waals surface area contributed by atoms with Crippen LogP contribution in [0.25, 0.3) is 0 Å². The zero-order valence-electron chi connectivity index (χ0n) is 20.0. The maximum atomic E-state index is 13.6. The zero-order chi connectivity index (χ0) is 26.0. The average Bonchev–Trinajstić information content (AvgIpc) is 3.37. The second-order valence-corrected chi connectivity index (χ2v) is 8.35. The number of anilines is 1. The highest BCUT2D eigenvalue weighted by molar-refractivity contribution is 5.92. The number of hydrogen-bond acceptors (Lipinski definition) is 6. The summed E-state index contributed by atoms with van der Waals surface area (Å²) in [6, 6.07) is 15.2. The minimum absolute atomic E-state index is 0.0530. The lowest BCUT2D eigenvalue weighted by atomic mass is 10.1. The van der Waals surface area contributed by atoms with Gasteiger partial charge in [-0.2, -0.15) is 0 Å². The maximum absolute atomic E-state index is 13.6. The Hall–Kier alpha value is -4.67. The van der Waals surface area contributed by atoms with Crippen molar-refractivity contribution >= 4 is 17.5 Å². The highest BCUT2D eigenvalue weighted by atomic mass is 19.1. The first-order valence-electron chi connectivity index (χ1n) is 11.8. The predicted octanol–water partition coefficient (Wildman–Crippen LogP) is 2.57. The Bertz CT molecular complexity index is 1420. The molecule has 0 spiro atoms. The summed E-state index contributed by atoms with van der Waals surface area (Å²) in [4.78, 5) is 40.8. The van der Waals surface area contributed by atoms with Gasteiger partial charge in [-0.25, -0.2) is 4.39 Å². The van der Waals surface area contributed by atoms with Crippen molar-refractivity contribution in [2.24, 2.45) is 0 Å². The summed E-state index contributed by atoms with van der Waals surface area (Å²) in [5.41, 5.74) is 1.41. The number of benzene rings is 1. The van der Waals surface area contributed by atoms with E-state index >= 15 is 0 Å². The fraction of sp³-hybridized carbons (Fsp3) is 0.231. The van der Waals surface area contributed by atoms with Gasteiger partial charge in [0.2, 0.25) is 5.91 Å². The number of carbonyl (C=O) groups is 2. The van der Waals surface area contributed by atoms with Crippen molar-refractivity contribution in [3.63, 3.8) is 0 Å². The summed E-state index contributed by atoms with van der Waals surface area (Å²) in [5, 5.41) is 13.1. The number of halogens is 1. The molecule has 11 heteroatoms. The maximum Gasteiger partial charge on any atom is 0.273 e. The first kappa shape index (κ1) is 25.4. The molecule has 2 N–H and O–H groups in total. The van der Waals surface area contributed by atoms with Gasteiger partial charge in [0.15, 0.2) is 5.69 Å². The lowest BCUT2D eigenvalue weighted by molar-refractivity contribution is -0.115. The van der Waals surface area contributed by atoms with E-state index < -0.39 is 11.7 Å². The molecule has 3 aromatic heterocycles. The van der Waals surface area contributed by atoms with Crippen LogP contribution in [0.5, 0.6) is 0 Å². The molecule has 10 nitrogen and oxygen atoms in total. The molecule has 37 heavy (non-hydrogen) atoms. The van der Waals surface area contributed by atoms with Crippen LogP contribution in [0.15, 0.2) is 78.0 Å². The first-order valence-corrected chi connectivity index (χ1v) is 11.8. The van der Waals surface area contributed by atoms with E-state index in [1.807, 2.05) is 30.3 Å². The number of rotatable bonds is 11. The topological polar surface area (TPSA) is 124 Å². The SMILES string of the molecule is O=C(Cc1ccccc1)Nc1ccn(CCCCn2cc(C(=O)NCc3ncccc3F)nn2)c(=O)c1. The van der Waals surface area contributed by atoms with Crippen molar-refractivity contribution in [2.45, 2.75) is 38.9 Å². The van der Waals surface area contributed by atoms with Crippen LogP contribution in [0.1, 0.15) is 34.6 Å². The van der Waals surface area contributed by atoms with Gasteiger partial charge in [0, 0.05) is 37.2 Å². The van der Waals surface area contributed by atoms with Gasteiger partial charge in [0.25, 0.3) is 11.5 Å². The van der Waals surface area contributed by atoms with Crippen LogP contribution >= 0.6 is 0 Å². The third-order valence-electron chi connectivity index (χ3n) is 5.55. The number of amides is 2. The summed E-state index contributed by atoms with van der Waals surface area (Å²) in [6.07, 6.45) is 6.25. The number of unbranched alkanes of at least 4 members (excludes halogenated alkanes) is 1. The number of nitrogens with one attached hydrogen (secondary N) is 2. The molecule has 0 radical (unpaired) electrons. The second-order valence-electron chi connectivity index (χ2n) is 8.35. The molecular formula is C26H26FN7O3. The molecule has 190 valence electrons. The molecule has 0 fully saturated rings. The van der Waals surface area contributed by atoms with E-state index in [-0.39, 0.29) is 35.8 Å². The van der Waals surface area contributed by atoms with Crippen LogP contribution in [0.3, 0.4) is 0 Å². The van der Waals surface area contributed by atoms with Gasteiger partial charge in [-0.15, -0.1) is 5.10 Å². The van der Waals surface area contributed by atoms with Crippen molar-refractivity contribution in [3.05, 3.63) is 106 Å². The monoisotopic (exact) mass is 503 g/mol. The molecular weight excluding hydrogens is 477 g/mol. The molecule has 0 atom stereocenters. The van der Waals surface area contributed by atoms with E-state index in [1.54, 1.807) is 21.5 Å². The number of aryl methyl sites for hydroxylation is 2. The Morgan fingerprint density at radius 3 is 2.59 bits per heavy atom. The minimum Gasteiger partial charge on any atom is -0.345 e. The van der Waals surface area contributed by atoms with E-state index in [9.17, 15) is 18.8 Å². The Morgan fingerprint density at radius 2 is 1.81 bits per heavy atom. The molecule has 0 saturated heterocycles. The van der Waals surface area contributed by atoms with Crippen molar-refractivity contribution in [2.75, 3.05) is 5.32 Å². The van der Waals surface area contributed by atoms with Gasteiger partial charge < -0.3 is 15.2 Å². The quantitative estimate of drug-likeness (QED) is 0.303. The standard InChI is InChI=1S/C26H26FN7O3/c27-21-9-6-11-28-22(21)17-29-26(37)23-18-34(32-31-23)13-5-4-12-33-14-10-20(16-25(33)36)30-24(35)15-19-7-2-1-3-8-19/h1-3,6-11,14,16,18H,4-5,12-13,15,17H2,(H,29,37)(H,30,35). The first-order chi connectivity index (χ1) is 18.0. The Balaban J connectivity index is 1.20. The molecule has 2 amide bonds. The smallest absolute Gasteiger partial charge is 0.273 e. The molecule has 0 saturated carbocycles. The molecule has 4 aromatic rings. The van der Waals surface area contributed by atoms with Crippen molar-refractivity contribution in [1.29, 1.82) is 0 Å². The number of nitrogens with zero attached hydrogens (tertiary/aromatic N) is 5. The van der Waals surface area contributed by atoms with Crippen LogP contribution in [0.4, 0.5) is 10.1 Å². The molecule has 3 heterocycles. The van der Waals surface area contributed by atoms with Crippen molar-refractivity contribution < 1.29 is 14.0 Å². The molecule has 0 aliphatic rings. The van der Waals surface area contributed by atoms with Gasteiger partial charge in [0.05, 0.1) is 24.9 Å². The summed E-state index contributed by atoms with van der Waals surface area (Å²) in [6.45, 7) is 0.953. The molecule has 0 aliphatic carbocycles. The molecule has 0 aliphatic heterocycles. The van der Waals surface area contributed by atoms with Gasteiger partial charge in [-0.3, -0.25) is 24.0 Å². The van der Waals surface area contributed by atoms with Crippen LogP contribution < -0.4 is 16.2 Å². The van der Waals surface area contributed by atoms with Crippen molar-refractivity contribution in [1.82, 2.24) is 29.9 Å². The van der Waals surface area contributed by atoms with Crippen LogP contribution in [0.2, 0.25) is 0 Å². The normalized spacial score (nSPS) is 10.7. The third kappa shape index (κ3) is 7.40. The van der Waals surface area contributed by atoms with E-state index in [1.165, 1.54) is 30.6 Å². The highest BCUT2D eigenvalue weighted by Crippen LogP contribution is 2.07. The van der Waals surface area contributed by atoms with E-state index in [0.29, 0.717) is 31.6 Å². The van der Waals surface area contributed by atoms with Crippen LogP contribution in [-0.4, -0.2) is 36.4 Å². The Kier molecular flexibility index (Phi) is 8.48. The fourth-order valence-corrected chi connectivity index (χ4v) is 3.63. The zero-order valence-corrected chi connectivity index (χ0v) is 20.0.